The largest absolute Gasteiger partial charge is 0.480 e. The third kappa shape index (κ3) is 24.3. The summed E-state index contributed by atoms with van der Waals surface area (Å²) in [6.45, 7) is 15.7. The number of hydrogen-bond donors (Lipinski definition) is 6. The maximum absolute atomic E-state index is 13.7. The Morgan fingerprint density at radius 1 is 0.571 bits per heavy atom. The topological polar surface area (TPSA) is 237 Å². The molecule has 3 atom stereocenters. The van der Waals surface area contributed by atoms with Gasteiger partial charge in [-0.15, -0.1) is 0 Å². The lowest BCUT2D eigenvalue weighted by molar-refractivity contribution is -0.155. The first-order valence-electron chi connectivity index (χ1n) is 18.9. The van der Waals surface area contributed by atoms with Crippen LogP contribution in [0.3, 0.4) is 0 Å². The fraction of sp³-hybridized carbons (Fsp3) is 0.667. The number of benzene rings is 1. The van der Waals surface area contributed by atoms with Crippen molar-refractivity contribution in [3.05, 3.63) is 35.9 Å². The maximum atomic E-state index is 13.7. The average molecular weight is 794 g/mol. The van der Waals surface area contributed by atoms with E-state index < -0.39 is 77.0 Å². The third-order valence-electron chi connectivity index (χ3n) is 7.30. The van der Waals surface area contributed by atoms with E-state index in [1.807, 2.05) is 0 Å². The first-order chi connectivity index (χ1) is 25.9. The fourth-order valence-corrected chi connectivity index (χ4v) is 4.86. The number of carboxylic acid groups (broad SMARTS) is 1. The molecular weight excluding hydrogens is 730 g/mol. The molecule has 316 valence electrons. The lowest BCUT2D eigenvalue weighted by atomic mass is 10.0. The number of ether oxygens (including phenoxy) is 4. The lowest BCUT2D eigenvalue weighted by Crippen LogP contribution is -2.55. The molecule has 0 saturated heterocycles. The Bertz CT molecular complexity index is 1430. The molecule has 0 aliphatic carbocycles. The van der Waals surface area contributed by atoms with Gasteiger partial charge in [0.05, 0.1) is 0 Å². The van der Waals surface area contributed by atoms with Crippen molar-refractivity contribution in [1.29, 1.82) is 0 Å². The van der Waals surface area contributed by atoms with E-state index in [2.05, 4.69) is 26.6 Å². The SMILES string of the molecule is CC(C)(C)OC(=O)CC[C@H](NC(=O)OCc1ccccc1)C(=O)N[C@@H](CCCCNC(=O)OC(C)(C)C)C(=O)N[C@@H](CCCCNC(=O)OC(C)(C)C)C(=O)O. The monoisotopic (exact) mass is 793 g/mol. The summed E-state index contributed by atoms with van der Waals surface area (Å²) in [5.41, 5.74) is -1.48. The second-order valence-corrected chi connectivity index (χ2v) is 16.2. The standard InChI is InChI=1S/C39H63N5O12/c1-37(2,3)54-30(45)22-21-28(44-36(52)53-25-26-17-11-10-12-18-26)32(47)42-27(19-13-15-23-40-34(50)55-38(4,5)6)31(46)43-29(33(48)49)20-14-16-24-41-35(51)56-39(7,8)9/h10-12,17-18,27-29H,13-16,19-25H2,1-9H3,(H,40,50)(H,41,51)(H,42,47)(H,43,46)(H,44,52)(H,48,49)/t27-,28-,29-/m0/s1. The maximum Gasteiger partial charge on any atom is 0.408 e. The van der Waals surface area contributed by atoms with Crippen molar-refractivity contribution in [2.24, 2.45) is 0 Å². The smallest absolute Gasteiger partial charge is 0.408 e. The highest BCUT2D eigenvalue weighted by molar-refractivity contribution is 5.93. The molecule has 17 nitrogen and oxygen atoms in total. The molecule has 0 saturated carbocycles. The highest BCUT2D eigenvalue weighted by atomic mass is 16.6. The van der Waals surface area contributed by atoms with Gasteiger partial charge in [0.25, 0.3) is 0 Å². The molecule has 0 spiro atoms. The van der Waals surface area contributed by atoms with E-state index in [1.54, 1.807) is 92.6 Å². The molecule has 1 rings (SSSR count). The van der Waals surface area contributed by atoms with Crippen LogP contribution in [0.15, 0.2) is 30.3 Å². The average Bonchev–Trinajstić information content (AvgIpc) is 3.05. The van der Waals surface area contributed by atoms with Crippen LogP contribution in [0.2, 0.25) is 0 Å². The highest BCUT2D eigenvalue weighted by Crippen LogP contribution is 2.13. The number of carbonyl (C=O) groups is 7. The summed E-state index contributed by atoms with van der Waals surface area (Å²) >= 11 is 0. The van der Waals surface area contributed by atoms with Crippen molar-refractivity contribution in [3.8, 4) is 0 Å². The predicted molar refractivity (Wildman–Crippen MR) is 206 cm³/mol. The van der Waals surface area contributed by atoms with E-state index in [0.29, 0.717) is 31.2 Å². The summed E-state index contributed by atoms with van der Waals surface area (Å²) in [6, 6.07) is 4.89. The van der Waals surface area contributed by atoms with Crippen molar-refractivity contribution in [2.45, 2.75) is 155 Å². The Morgan fingerprint density at radius 2 is 1.02 bits per heavy atom. The van der Waals surface area contributed by atoms with Crippen molar-refractivity contribution < 1.29 is 57.6 Å². The van der Waals surface area contributed by atoms with E-state index in [0.717, 1.165) is 0 Å². The van der Waals surface area contributed by atoms with Crippen LogP contribution in [0.4, 0.5) is 14.4 Å². The zero-order valence-corrected chi connectivity index (χ0v) is 34.3. The van der Waals surface area contributed by atoms with Crippen molar-refractivity contribution in [1.82, 2.24) is 26.6 Å². The Kier molecular flexibility index (Phi) is 20.7. The normalized spacial score (nSPS) is 13.2. The van der Waals surface area contributed by atoms with E-state index >= 15 is 0 Å². The number of unbranched alkanes of at least 4 members (excludes halogenated alkanes) is 2. The first kappa shape index (κ1) is 48.9. The van der Waals surface area contributed by atoms with Gasteiger partial charge in [0.2, 0.25) is 11.8 Å². The fourth-order valence-electron chi connectivity index (χ4n) is 4.86. The van der Waals surface area contributed by atoms with Gasteiger partial charge < -0.3 is 50.6 Å². The Hall–Kier alpha value is -5.09. The molecule has 0 aliphatic heterocycles. The zero-order chi connectivity index (χ0) is 42.5. The number of esters is 1. The Labute approximate surface area is 330 Å². The second kappa shape index (κ2) is 23.7. The van der Waals surface area contributed by atoms with Gasteiger partial charge in [0, 0.05) is 19.5 Å². The molecule has 17 heteroatoms. The van der Waals surface area contributed by atoms with E-state index in [-0.39, 0.29) is 45.4 Å². The van der Waals surface area contributed by atoms with Gasteiger partial charge in [-0.3, -0.25) is 14.4 Å². The number of carbonyl (C=O) groups excluding carboxylic acids is 6. The molecule has 0 aliphatic rings. The minimum absolute atomic E-state index is 0.0187. The van der Waals surface area contributed by atoms with Gasteiger partial charge in [0.15, 0.2) is 0 Å². The van der Waals surface area contributed by atoms with Crippen LogP contribution in [-0.2, 0) is 44.7 Å². The molecule has 56 heavy (non-hydrogen) atoms. The van der Waals surface area contributed by atoms with Crippen LogP contribution in [0.1, 0.15) is 119 Å². The van der Waals surface area contributed by atoms with Gasteiger partial charge in [-0.2, -0.15) is 0 Å². The van der Waals surface area contributed by atoms with Crippen LogP contribution in [-0.4, -0.2) is 95.2 Å². The molecule has 1 aromatic carbocycles. The number of carboxylic acids is 1. The number of alkyl carbamates (subject to hydrolysis) is 3. The predicted octanol–water partition coefficient (Wildman–Crippen LogP) is 4.85. The lowest BCUT2D eigenvalue weighted by Gasteiger charge is -2.25. The zero-order valence-electron chi connectivity index (χ0n) is 34.3. The van der Waals surface area contributed by atoms with E-state index in [1.165, 1.54) is 0 Å². The van der Waals surface area contributed by atoms with Crippen LogP contribution < -0.4 is 26.6 Å². The molecular formula is C39H63N5O12. The van der Waals surface area contributed by atoms with E-state index in [4.69, 9.17) is 18.9 Å². The van der Waals surface area contributed by atoms with Gasteiger partial charge in [-0.25, -0.2) is 19.2 Å². The Morgan fingerprint density at radius 3 is 1.48 bits per heavy atom. The first-order valence-corrected chi connectivity index (χ1v) is 18.9. The molecule has 1 aromatic rings. The minimum atomic E-state index is -1.34. The quantitative estimate of drug-likeness (QED) is 0.0557. The van der Waals surface area contributed by atoms with Crippen molar-refractivity contribution >= 4 is 42.0 Å². The molecule has 5 amide bonds. The molecule has 0 radical (unpaired) electrons. The highest BCUT2D eigenvalue weighted by Gasteiger charge is 2.31. The van der Waals surface area contributed by atoms with E-state index in [9.17, 15) is 38.7 Å². The van der Waals surface area contributed by atoms with Gasteiger partial charge in [-0.05, 0) is 113 Å². The number of nitrogens with one attached hydrogen (secondary N) is 5. The summed E-state index contributed by atoms with van der Waals surface area (Å²) in [7, 11) is 0. The number of amides is 5. The molecule has 0 fully saturated rings. The van der Waals surface area contributed by atoms with Crippen LogP contribution in [0.25, 0.3) is 0 Å². The van der Waals surface area contributed by atoms with Crippen molar-refractivity contribution in [3.63, 3.8) is 0 Å². The summed E-state index contributed by atoms with van der Waals surface area (Å²) < 4.78 is 21.1. The third-order valence-corrected chi connectivity index (χ3v) is 7.30. The van der Waals surface area contributed by atoms with Crippen LogP contribution in [0, 0.1) is 0 Å². The molecule has 0 aromatic heterocycles. The molecule has 0 bridgehead atoms. The van der Waals surface area contributed by atoms with Gasteiger partial charge in [0.1, 0.15) is 41.5 Å². The number of rotatable bonds is 21. The van der Waals surface area contributed by atoms with Crippen LogP contribution in [0.5, 0.6) is 0 Å². The minimum Gasteiger partial charge on any atom is -0.480 e. The molecule has 0 unspecified atom stereocenters. The van der Waals surface area contributed by atoms with Crippen molar-refractivity contribution in [2.75, 3.05) is 13.1 Å². The summed E-state index contributed by atoms with van der Waals surface area (Å²) in [5.74, 6) is -3.54. The summed E-state index contributed by atoms with van der Waals surface area (Å²) in [6.07, 6.45) is -1.20. The summed E-state index contributed by atoms with van der Waals surface area (Å²) in [5, 5.41) is 22.7. The summed E-state index contributed by atoms with van der Waals surface area (Å²) in [4.78, 5) is 88.9. The van der Waals surface area contributed by atoms with Gasteiger partial charge >= 0.3 is 30.2 Å². The number of aliphatic carboxylic acids is 1. The molecule has 6 N–H and O–H groups in total. The van der Waals surface area contributed by atoms with Gasteiger partial charge in [-0.1, -0.05) is 30.3 Å². The molecule has 0 heterocycles. The number of hydrogen-bond acceptors (Lipinski definition) is 11. The Balaban J connectivity index is 3.09. The second-order valence-electron chi connectivity index (χ2n) is 16.2. The van der Waals surface area contributed by atoms with Crippen LogP contribution >= 0.6 is 0 Å².